The zero-order valence-corrected chi connectivity index (χ0v) is 16.9. The van der Waals surface area contributed by atoms with E-state index in [0.717, 1.165) is 24.3 Å². The molecule has 0 aliphatic carbocycles. The van der Waals surface area contributed by atoms with E-state index >= 15 is 0 Å². The van der Waals surface area contributed by atoms with Gasteiger partial charge in [0.2, 0.25) is 5.91 Å². The fraction of sp³-hybridized carbons (Fsp3) is 0.381. The molecule has 1 atom stereocenters. The van der Waals surface area contributed by atoms with Crippen LogP contribution in [0.5, 0.6) is 11.5 Å². The van der Waals surface area contributed by atoms with Crippen molar-refractivity contribution in [1.29, 1.82) is 0 Å². The van der Waals surface area contributed by atoms with E-state index in [9.17, 15) is 13.6 Å². The van der Waals surface area contributed by atoms with Crippen molar-refractivity contribution in [3.8, 4) is 11.5 Å². The molecular weight excluding hydrogens is 400 g/mol. The molecule has 1 saturated heterocycles. The highest BCUT2D eigenvalue weighted by Gasteiger charge is 2.22. The Bertz CT molecular complexity index is 820. The van der Waals surface area contributed by atoms with E-state index in [-0.39, 0.29) is 23.5 Å². The van der Waals surface area contributed by atoms with Gasteiger partial charge in [-0.1, -0.05) is 12.1 Å². The van der Waals surface area contributed by atoms with Crippen molar-refractivity contribution in [1.82, 2.24) is 4.90 Å². The number of hydrogen-bond donors (Lipinski definition) is 0. The zero-order valence-electron chi connectivity index (χ0n) is 16.1. The van der Waals surface area contributed by atoms with Gasteiger partial charge in [0.25, 0.3) is 0 Å². The number of carbonyl (C=O) groups is 1. The van der Waals surface area contributed by atoms with E-state index in [2.05, 4.69) is 4.74 Å². The molecule has 2 aromatic rings. The van der Waals surface area contributed by atoms with E-state index in [1.807, 2.05) is 17.5 Å². The number of alkyl halides is 2. The number of thiophene rings is 1. The molecular formula is C21H23F2NO4S. The van der Waals surface area contributed by atoms with Gasteiger partial charge >= 0.3 is 6.61 Å². The maximum Gasteiger partial charge on any atom is 0.387 e. The highest BCUT2D eigenvalue weighted by atomic mass is 32.1. The largest absolute Gasteiger partial charge is 0.493 e. The Morgan fingerprint density at radius 1 is 1.38 bits per heavy atom. The SMILES string of the molecule is COc1cc(/C=C/C(=O)N(Cc2cccs2)CC2CCCO2)ccc1OC(F)F. The first-order valence-corrected chi connectivity index (χ1v) is 10.2. The summed E-state index contributed by atoms with van der Waals surface area (Å²) < 4.78 is 40.1. The maximum atomic E-state index is 12.8. The number of methoxy groups -OCH3 is 1. The number of halogens is 2. The van der Waals surface area contributed by atoms with Gasteiger partial charge in [-0.05, 0) is 48.1 Å². The number of ether oxygens (including phenoxy) is 3. The Kier molecular flexibility index (Phi) is 7.60. The van der Waals surface area contributed by atoms with E-state index in [1.165, 1.54) is 19.3 Å². The molecule has 0 spiro atoms. The maximum absolute atomic E-state index is 12.8. The molecule has 1 fully saturated rings. The lowest BCUT2D eigenvalue weighted by molar-refractivity contribution is -0.128. The molecule has 29 heavy (non-hydrogen) atoms. The van der Waals surface area contributed by atoms with Gasteiger partial charge in [0.05, 0.1) is 19.8 Å². The van der Waals surface area contributed by atoms with Crippen LogP contribution in [0.1, 0.15) is 23.3 Å². The summed E-state index contributed by atoms with van der Waals surface area (Å²) in [5, 5.41) is 1.98. The topological polar surface area (TPSA) is 48.0 Å². The number of benzene rings is 1. The van der Waals surface area contributed by atoms with Crippen LogP contribution in [0.25, 0.3) is 6.08 Å². The second-order valence-corrected chi connectivity index (χ2v) is 7.59. The second-order valence-electron chi connectivity index (χ2n) is 6.56. The molecule has 1 amide bonds. The molecule has 8 heteroatoms. The summed E-state index contributed by atoms with van der Waals surface area (Å²) in [5.41, 5.74) is 0.644. The fourth-order valence-electron chi connectivity index (χ4n) is 3.11. The van der Waals surface area contributed by atoms with E-state index in [0.29, 0.717) is 18.7 Å². The van der Waals surface area contributed by atoms with Gasteiger partial charge in [0, 0.05) is 24.1 Å². The summed E-state index contributed by atoms with van der Waals surface area (Å²) in [4.78, 5) is 15.7. The third kappa shape index (κ3) is 6.27. The number of carbonyl (C=O) groups excluding carboxylic acids is 1. The van der Waals surface area contributed by atoms with Gasteiger partial charge < -0.3 is 19.1 Å². The van der Waals surface area contributed by atoms with Gasteiger partial charge in [0.15, 0.2) is 11.5 Å². The minimum absolute atomic E-state index is 0.0521. The average Bonchev–Trinajstić information content (AvgIpc) is 3.40. The summed E-state index contributed by atoms with van der Waals surface area (Å²) in [6.45, 7) is -1.15. The van der Waals surface area contributed by atoms with Crippen molar-refractivity contribution < 1.29 is 27.8 Å². The fourth-order valence-corrected chi connectivity index (χ4v) is 3.83. The van der Waals surface area contributed by atoms with Gasteiger partial charge in [-0.25, -0.2) is 0 Å². The Labute approximate surface area is 172 Å². The third-order valence-electron chi connectivity index (χ3n) is 4.51. The molecule has 0 radical (unpaired) electrons. The third-order valence-corrected chi connectivity index (χ3v) is 5.37. The minimum Gasteiger partial charge on any atom is -0.493 e. The van der Waals surface area contributed by atoms with Crippen molar-refractivity contribution >= 4 is 23.3 Å². The van der Waals surface area contributed by atoms with Crippen LogP contribution in [-0.4, -0.2) is 43.8 Å². The van der Waals surface area contributed by atoms with E-state index in [1.54, 1.807) is 34.4 Å². The Morgan fingerprint density at radius 3 is 2.90 bits per heavy atom. The molecule has 1 unspecified atom stereocenters. The summed E-state index contributed by atoms with van der Waals surface area (Å²) in [6.07, 6.45) is 5.12. The number of nitrogens with zero attached hydrogens (tertiary/aromatic N) is 1. The Morgan fingerprint density at radius 2 is 2.24 bits per heavy atom. The highest BCUT2D eigenvalue weighted by Crippen LogP contribution is 2.30. The molecule has 0 N–H and O–H groups in total. The van der Waals surface area contributed by atoms with Crippen LogP contribution in [0, 0.1) is 0 Å². The van der Waals surface area contributed by atoms with Gasteiger partial charge in [-0.15, -0.1) is 11.3 Å². The highest BCUT2D eigenvalue weighted by molar-refractivity contribution is 7.09. The minimum atomic E-state index is -2.93. The van der Waals surface area contributed by atoms with Gasteiger partial charge in [0.1, 0.15) is 0 Å². The predicted molar refractivity (Wildman–Crippen MR) is 107 cm³/mol. The molecule has 156 valence electrons. The molecule has 3 rings (SSSR count). The Hall–Kier alpha value is -2.45. The molecule has 0 bridgehead atoms. The van der Waals surface area contributed by atoms with Crippen LogP contribution < -0.4 is 9.47 Å². The molecule has 1 aromatic heterocycles. The van der Waals surface area contributed by atoms with Crippen molar-refractivity contribution in [2.24, 2.45) is 0 Å². The predicted octanol–water partition coefficient (Wildman–Crippen LogP) is 4.58. The molecule has 2 heterocycles. The van der Waals surface area contributed by atoms with Crippen molar-refractivity contribution in [3.63, 3.8) is 0 Å². The molecule has 0 saturated carbocycles. The Balaban J connectivity index is 1.71. The number of rotatable bonds is 9. The first-order valence-electron chi connectivity index (χ1n) is 9.29. The van der Waals surface area contributed by atoms with Crippen LogP contribution in [0.2, 0.25) is 0 Å². The number of hydrogen-bond acceptors (Lipinski definition) is 5. The smallest absolute Gasteiger partial charge is 0.387 e. The van der Waals surface area contributed by atoms with Crippen LogP contribution in [0.4, 0.5) is 8.78 Å². The van der Waals surface area contributed by atoms with E-state index < -0.39 is 6.61 Å². The lowest BCUT2D eigenvalue weighted by Gasteiger charge is -2.23. The molecule has 1 aliphatic rings. The van der Waals surface area contributed by atoms with Crippen molar-refractivity contribution in [2.75, 3.05) is 20.3 Å². The van der Waals surface area contributed by atoms with E-state index in [4.69, 9.17) is 9.47 Å². The summed E-state index contributed by atoms with van der Waals surface area (Å²) in [7, 11) is 1.37. The number of amides is 1. The zero-order chi connectivity index (χ0) is 20.6. The van der Waals surface area contributed by atoms with Gasteiger partial charge in [-0.2, -0.15) is 8.78 Å². The van der Waals surface area contributed by atoms with Crippen LogP contribution in [0.3, 0.4) is 0 Å². The average molecular weight is 423 g/mol. The van der Waals surface area contributed by atoms with Crippen LogP contribution >= 0.6 is 11.3 Å². The summed E-state index contributed by atoms with van der Waals surface area (Å²) >= 11 is 1.60. The normalized spacial score (nSPS) is 16.5. The van der Waals surface area contributed by atoms with Crippen LogP contribution in [-0.2, 0) is 16.1 Å². The summed E-state index contributed by atoms with van der Waals surface area (Å²) in [6, 6.07) is 8.49. The quantitative estimate of drug-likeness (QED) is 0.554. The standard InChI is InChI=1S/C21H23F2NO4S/c1-26-19-12-15(6-8-18(19)28-21(22)23)7-9-20(25)24(13-16-4-2-10-27-16)14-17-5-3-11-29-17/h3,5-9,11-12,16,21H,2,4,10,13-14H2,1H3/b9-7+. The summed E-state index contributed by atoms with van der Waals surface area (Å²) in [5.74, 6) is -0.0147. The van der Waals surface area contributed by atoms with Crippen molar-refractivity contribution in [2.45, 2.75) is 32.1 Å². The van der Waals surface area contributed by atoms with Crippen LogP contribution in [0.15, 0.2) is 41.8 Å². The first kappa shape index (κ1) is 21.3. The second kappa shape index (κ2) is 10.4. The first-order chi connectivity index (χ1) is 14.0. The molecule has 5 nitrogen and oxygen atoms in total. The van der Waals surface area contributed by atoms with Gasteiger partial charge in [-0.3, -0.25) is 4.79 Å². The van der Waals surface area contributed by atoms with Crippen molar-refractivity contribution in [3.05, 3.63) is 52.2 Å². The molecule has 1 aliphatic heterocycles. The molecule has 1 aromatic carbocycles. The lowest BCUT2D eigenvalue weighted by Crippen LogP contribution is -2.35. The lowest BCUT2D eigenvalue weighted by atomic mass is 10.1. The monoisotopic (exact) mass is 423 g/mol.